The van der Waals surface area contributed by atoms with Crippen molar-refractivity contribution in [2.45, 2.75) is 32.6 Å². The van der Waals surface area contributed by atoms with Gasteiger partial charge in [0.15, 0.2) is 0 Å². The van der Waals surface area contributed by atoms with E-state index in [-0.39, 0.29) is 0 Å². The fraction of sp³-hybridized carbons (Fsp3) is 0.692. The minimum absolute atomic E-state index is 0.685. The first-order valence-corrected chi connectivity index (χ1v) is 5.87. The van der Waals surface area contributed by atoms with E-state index in [1.165, 1.54) is 25.7 Å². The van der Waals surface area contributed by atoms with E-state index in [0.29, 0.717) is 6.73 Å². The van der Waals surface area contributed by atoms with E-state index in [2.05, 4.69) is 25.0 Å². The van der Waals surface area contributed by atoms with Gasteiger partial charge in [0.2, 0.25) is 0 Å². The Morgan fingerprint density at radius 2 is 1.73 bits per heavy atom. The van der Waals surface area contributed by atoms with Crippen LogP contribution in [0.2, 0.25) is 0 Å². The second-order valence-corrected chi connectivity index (χ2v) is 3.71. The van der Waals surface area contributed by atoms with E-state index in [1.807, 2.05) is 12.2 Å². The summed E-state index contributed by atoms with van der Waals surface area (Å²) in [4.78, 5) is 2.17. The minimum Gasteiger partial charge on any atom is -0.366 e. The zero-order valence-electron chi connectivity index (χ0n) is 10.1. The average Bonchev–Trinajstić information content (AvgIpc) is 2.24. The predicted octanol–water partition coefficient (Wildman–Crippen LogP) is 3.21. The quantitative estimate of drug-likeness (QED) is 0.295. The highest BCUT2D eigenvalue weighted by atomic mass is 16.5. The molecule has 0 unspecified atom stereocenters. The zero-order valence-corrected chi connectivity index (χ0v) is 10.1. The average molecular weight is 211 g/mol. The van der Waals surface area contributed by atoms with Crippen molar-refractivity contribution in [3.05, 3.63) is 25.3 Å². The lowest BCUT2D eigenvalue weighted by Gasteiger charge is -2.18. The lowest BCUT2D eigenvalue weighted by atomic mass is 10.2. The van der Waals surface area contributed by atoms with Crippen molar-refractivity contribution in [2.24, 2.45) is 0 Å². The van der Waals surface area contributed by atoms with Crippen molar-refractivity contribution in [1.82, 2.24) is 4.90 Å². The van der Waals surface area contributed by atoms with Crippen LogP contribution in [0.3, 0.4) is 0 Å². The molecule has 0 N–H and O–H groups in total. The summed E-state index contributed by atoms with van der Waals surface area (Å²) in [6, 6.07) is 0. The Balaban J connectivity index is 3.35. The van der Waals surface area contributed by atoms with Gasteiger partial charge in [-0.25, -0.2) is 0 Å². The van der Waals surface area contributed by atoms with E-state index in [9.17, 15) is 0 Å². The van der Waals surface area contributed by atoms with Crippen LogP contribution >= 0.6 is 0 Å². The molecule has 0 amide bonds. The largest absolute Gasteiger partial charge is 0.366 e. The number of hydrogen-bond donors (Lipinski definition) is 0. The molecule has 15 heavy (non-hydrogen) atoms. The maximum atomic E-state index is 5.58. The Morgan fingerprint density at radius 1 is 1.07 bits per heavy atom. The second kappa shape index (κ2) is 11.5. The molecule has 0 saturated heterocycles. The van der Waals surface area contributed by atoms with Gasteiger partial charge >= 0.3 is 0 Å². The first kappa shape index (κ1) is 14.4. The molecule has 0 aliphatic heterocycles. The van der Waals surface area contributed by atoms with Gasteiger partial charge in [0.1, 0.15) is 0 Å². The zero-order chi connectivity index (χ0) is 11.4. The number of ether oxygens (including phenoxy) is 1. The molecule has 0 atom stereocenters. The molecule has 0 spiro atoms. The summed E-state index contributed by atoms with van der Waals surface area (Å²) in [5.74, 6) is 0. The Labute approximate surface area is 94.6 Å². The first-order chi connectivity index (χ1) is 7.35. The topological polar surface area (TPSA) is 12.5 Å². The van der Waals surface area contributed by atoms with Gasteiger partial charge in [-0.2, -0.15) is 0 Å². The molecule has 2 nitrogen and oxygen atoms in total. The summed E-state index contributed by atoms with van der Waals surface area (Å²) in [6.07, 6.45) is 8.82. The molecule has 88 valence electrons. The van der Waals surface area contributed by atoms with E-state index in [0.717, 1.165) is 19.7 Å². The van der Waals surface area contributed by atoms with Gasteiger partial charge in [0, 0.05) is 19.7 Å². The van der Waals surface area contributed by atoms with Crippen LogP contribution in [-0.4, -0.2) is 31.3 Å². The highest BCUT2D eigenvalue weighted by Gasteiger charge is 1.99. The summed E-state index contributed by atoms with van der Waals surface area (Å²) < 4.78 is 5.58. The molecule has 0 fully saturated rings. The van der Waals surface area contributed by atoms with Gasteiger partial charge in [0.05, 0.1) is 6.73 Å². The van der Waals surface area contributed by atoms with Gasteiger partial charge in [-0.05, 0) is 6.42 Å². The van der Waals surface area contributed by atoms with Gasteiger partial charge in [-0.15, -0.1) is 13.2 Å². The van der Waals surface area contributed by atoms with Crippen molar-refractivity contribution in [2.75, 3.05) is 26.4 Å². The van der Waals surface area contributed by atoms with Gasteiger partial charge in [0.25, 0.3) is 0 Å². The van der Waals surface area contributed by atoms with Crippen molar-refractivity contribution in [1.29, 1.82) is 0 Å². The second-order valence-electron chi connectivity index (χ2n) is 3.71. The van der Waals surface area contributed by atoms with Crippen molar-refractivity contribution in [3.8, 4) is 0 Å². The van der Waals surface area contributed by atoms with E-state index < -0.39 is 0 Å². The highest BCUT2D eigenvalue weighted by Crippen LogP contribution is 1.99. The standard InChI is InChI=1S/C13H25NO/c1-4-7-8-9-12-15-13-14(10-5-2)11-6-3/h5-6H,2-4,7-13H2,1H3. The Hall–Kier alpha value is -0.600. The normalized spacial score (nSPS) is 10.5. The maximum Gasteiger partial charge on any atom is 0.0995 e. The van der Waals surface area contributed by atoms with Crippen LogP contribution in [0.15, 0.2) is 25.3 Å². The van der Waals surface area contributed by atoms with Crippen LogP contribution in [0.4, 0.5) is 0 Å². The smallest absolute Gasteiger partial charge is 0.0995 e. The summed E-state index contributed by atoms with van der Waals surface area (Å²) in [7, 11) is 0. The summed E-state index contributed by atoms with van der Waals surface area (Å²) in [5, 5.41) is 0. The molecular formula is C13H25NO. The first-order valence-electron chi connectivity index (χ1n) is 5.87. The number of nitrogens with zero attached hydrogens (tertiary/aromatic N) is 1. The molecular weight excluding hydrogens is 186 g/mol. The molecule has 0 radical (unpaired) electrons. The van der Waals surface area contributed by atoms with E-state index in [1.54, 1.807) is 0 Å². The summed E-state index contributed by atoms with van der Waals surface area (Å²) >= 11 is 0. The molecule has 0 saturated carbocycles. The van der Waals surface area contributed by atoms with Gasteiger partial charge in [-0.3, -0.25) is 4.90 Å². The summed E-state index contributed by atoms with van der Waals surface area (Å²) in [6.45, 7) is 12.9. The molecule has 0 aromatic rings. The Kier molecular flexibility index (Phi) is 11.0. The Morgan fingerprint density at radius 3 is 2.27 bits per heavy atom. The number of unbranched alkanes of at least 4 members (excludes halogenated alkanes) is 3. The molecule has 0 aliphatic carbocycles. The fourth-order valence-electron chi connectivity index (χ4n) is 1.37. The van der Waals surface area contributed by atoms with Crippen LogP contribution in [0, 0.1) is 0 Å². The molecule has 0 aliphatic rings. The highest BCUT2D eigenvalue weighted by molar-refractivity contribution is 4.78. The third-order valence-electron chi connectivity index (χ3n) is 2.19. The lowest BCUT2D eigenvalue weighted by Crippen LogP contribution is -2.27. The SMILES string of the molecule is C=CCN(CC=C)COCCCCCC. The molecule has 0 aromatic heterocycles. The predicted molar refractivity (Wildman–Crippen MR) is 66.9 cm³/mol. The van der Waals surface area contributed by atoms with Gasteiger partial charge < -0.3 is 4.74 Å². The van der Waals surface area contributed by atoms with E-state index in [4.69, 9.17) is 4.74 Å². The minimum atomic E-state index is 0.685. The van der Waals surface area contributed by atoms with Crippen molar-refractivity contribution >= 4 is 0 Å². The molecule has 0 heterocycles. The van der Waals surface area contributed by atoms with Crippen LogP contribution in [0.5, 0.6) is 0 Å². The van der Waals surface area contributed by atoms with Crippen LogP contribution in [0.25, 0.3) is 0 Å². The Bertz CT molecular complexity index is 147. The maximum absolute atomic E-state index is 5.58. The summed E-state index contributed by atoms with van der Waals surface area (Å²) in [5.41, 5.74) is 0. The molecule has 0 rings (SSSR count). The monoisotopic (exact) mass is 211 g/mol. The third kappa shape index (κ3) is 9.70. The molecule has 2 heteroatoms. The van der Waals surface area contributed by atoms with Crippen LogP contribution in [-0.2, 0) is 4.74 Å². The molecule has 0 bridgehead atoms. The van der Waals surface area contributed by atoms with Crippen molar-refractivity contribution < 1.29 is 4.74 Å². The van der Waals surface area contributed by atoms with E-state index >= 15 is 0 Å². The number of hydrogen-bond acceptors (Lipinski definition) is 2. The van der Waals surface area contributed by atoms with Gasteiger partial charge in [-0.1, -0.05) is 38.3 Å². The van der Waals surface area contributed by atoms with Crippen molar-refractivity contribution in [3.63, 3.8) is 0 Å². The number of rotatable bonds is 11. The van der Waals surface area contributed by atoms with Crippen LogP contribution in [0.1, 0.15) is 32.6 Å². The fourth-order valence-corrected chi connectivity index (χ4v) is 1.37. The lowest BCUT2D eigenvalue weighted by molar-refractivity contribution is 0.0390. The molecule has 0 aromatic carbocycles. The van der Waals surface area contributed by atoms with Crippen LogP contribution < -0.4 is 0 Å². The third-order valence-corrected chi connectivity index (χ3v) is 2.19.